The largest absolute Gasteiger partial charge is 0.311 e. The Bertz CT molecular complexity index is 754. The Morgan fingerprint density at radius 1 is 1.33 bits per heavy atom. The van der Waals surface area contributed by atoms with Crippen LogP contribution in [0.5, 0.6) is 0 Å². The van der Waals surface area contributed by atoms with E-state index < -0.39 is 0 Å². The minimum absolute atomic E-state index is 0.151. The maximum Gasteiger partial charge on any atom is 0.240 e. The molecule has 2 aromatic rings. The van der Waals surface area contributed by atoms with E-state index in [1.165, 1.54) is 5.56 Å². The molecule has 1 aromatic carbocycles. The molecule has 2 aliphatic heterocycles. The van der Waals surface area contributed by atoms with Crippen molar-refractivity contribution in [3.63, 3.8) is 0 Å². The van der Waals surface area contributed by atoms with Gasteiger partial charge < -0.3 is 10.2 Å². The fourth-order valence-electron chi connectivity index (χ4n) is 3.60. The number of carbonyl (C=O) groups is 1. The Morgan fingerprint density at radius 3 is 3.08 bits per heavy atom. The van der Waals surface area contributed by atoms with Crippen LogP contribution in [-0.2, 0) is 30.6 Å². The smallest absolute Gasteiger partial charge is 0.240 e. The van der Waals surface area contributed by atoms with Crippen molar-refractivity contribution in [1.82, 2.24) is 20.1 Å². The minimum Gasteiger partial charge on any atom is -0.311 e. The number of amides is 1. The van der Waals surface area contributed by atoms with Crippen molar-refractivity contribution in [2.75, 3.05) is 18.0 Å². The van der Waals surface area contributed by atoms with Gasteiger partial charge in [-0.25, -0.2) is 9.67 Å². The van der Waals surface area contributed by atoms with Crippen LogP contribution < -0.4 is 10.2 Å². The number of hydrogen-bond donors (Lipinski definition) is 1. The predicted octanol–water partition coefficient (Wildman–Crippen LogP) is 1.33. The second-order valence-corrected chi connectivity index (χ2v) is 6.52. The van der Waals surface area contributed by atoms with E-state index >= 15 is 0 Å². The molecule has 24 heavy (non-hydrogen) atoms. The number of fused-ring (bicyclic) bond motifs is 2. The molecule has 0 fully saturated rings. The predicted molar refractivity (Wildman–Crippen MR) is 92.0 cm³/mol. The number of aromatic nitrogens is 3. The first-order valence-electron chi connectivity index (χ1n) is 8.79. The van der Waals surface area contributed by atoms with Crippen LogP contribution in [0.15, 0.2) is 24.3 Å². The van der Waals surface area contributed by atoms with Crippen molar-refractivity contribution in [2.45, 2.75) is 45.2 Å². The highest BCUT2D eigenvalue weighted by molar-refractivity contribution is 5.96. The van der Waals surface area contributed by atoms with Gasteiger partial charge in [0.25, 0.3) is 0 Å². The van der Waals surface area contributed by atoms with Gasteiger partial charge in [-0.1, -0.05) is 25.1 Å². The van der Waals surface area contributed by atoms with Crippen LogP contribution >= 0.6 is 0 Å². The van der Waals surface area contributed by atoms with Crippen molar-refractivity contribution in [1.29, 1.82) is 0 Å². The van der Waals surface area contributed by atoms with Crippen molar-refractivity contribution < 1.29 is 4.79 Å². The van der Waals surface area contributed by atoms with Crippen LogP contribution in [0.25, 0.3) is 0 Å². The third-order valence-corrected chi connectivity index (χ3v) is 4.95. The number of anilines is 1. The van der Waals surface area contributed by atoms with Gasteiger partial charge in [0.05, 0.1) is 13.1 Å². The Morgan fingerprint density at radius 2 is 2.21 bits per heavy atom. The second-order valence-electron chi connectivity index (χ2n) is 6.52. The standard InChI is InChI=1S/C18H23N5O/c1-2-16-20-17-8-7-14(12-23(17)21-16)19-11-18(24)22-10-9-13-5-3-4-6-15(13)22/h3-6,14,19H,2,7-12H2,1H3. The third-order valence-electron chi connectivity index (χ3n) is 4.95. The van der Waals surface area contributed by atoms with Crippen molar-refractivity contribution in [2.24, 2.45) is 0 Å². The van der Waals surface area contributed by atoms with Crippen molar-refractivity contribution >= 4 is 11.6 Å². The molecular weight excluding hydrogens is 302 g/mol. The van der Waals surface area contributed by atoms with E-state index in [1.54, 1.807) is 0 Å². The summed E-state index contributed by atoms with van der Waals surface area (Å²) in [7, 11) is 0. The maximum atomic E-state index is 12.6. The Hall–Kier alpha value is -2.21. The van der Waals surface area contributed by atoms with E-state index in [-0.39, 0.29) is 11.9 Å². The van der Waals surface area contributed by atoms with Crippen LogP contribution in [0.2, 0.25) is 0 Å². The molecule has 1 amide bonds. The highest BCUT2D eigenvalue weighted by Crippen LogP contribution is 2.27. The molecule has 1 aromatic heterocycles. The van der Waals surface area contributed by atoms with Crippen molar-refractivity contribution in [3.8, 4) is 0 Å². The zero-order valence-corrected chi connectivity index (χ0v) is 14.0. The molecule has 0 spiro atoms. The first kappa shape index (κ1) is 15.3. The fourth-order valence-corrected chi connectivity index (χ4v) is 3.60. The number of nitrogens with one attached hydrogen (secondary N) is 1. The molecule has 1 N–H and O–H groups in total. The first-order chi connectivity index (χ1) is 11.7. The quantitative estimate of drug-likeness (QED) is 0.921. The zero-order valence-electron chi connectivity index (χ0n) is 14.0. The van der Waals surface area contributed by atoms with Crippen LogP contribution in [0.3, 0.4) is 0 Å². The number of rotatable bonds is 4. The van der Waals surface area contributed by atoms with Gasteiger partial charge in [-0.15, -0.1) is 0 Å². The number of carbonyl (C=O) groups excluding carboxylic acids is 1. The molecule has 0 aliphatic carbocycles. The zero-order chi connectivity index (χ0) is 16.5. The van der Waals surface area contributed by atoms with Crippen LogP contribution in [-0.4, -0.2) is 39.8 Å². The van der Waals surface area contributed by atoms with Crippen molar-refractivity contribution in [3.05, 3.63) is 41.5 Å². The van der Waals surface area contributed by atoms with E-state index in [4.69, 9.17) is 0 Å². The van der Waals surface area contributed by atoms with Gasteiger partial charge in [-0.3, -0.25) is 4.79 Å². The lowest BCUT2D eigenvalue weighted by atomic mass is 10.1. The molecular formula is C18H23N5O. The molecule has 4 rings (SSSR count). The number of hydrogen-bond acceptors (Lipinski definition) is 4. The summed E-state index contributed by atoms with van der Waals surface area (Å²) in [6, 6.07) is 8.46. The van der Waals surface area contributed by atoms with Gasteiger partial charge in [0.2, 0.25) is 5.91 Å². The number of para-hydroxylation sites is 1. The molecule has 6 heteroatoms. The van der Waals surface area contributed by atoms with Gasteiger partial charge in [0.15, 0.2) is 5.82 Å². The van der Waals surface area contributed by atoms with E-state index in [0.717, 1.165) is 56.1 Å². The Kier molecular flexibility index (Phi) is 4.06. The van der Waals surface area contributed by atoms with E-state index in [0.29, 0.717) is 6.54 Å². The summed E-state index contributed by atoms with van der Waals surface area (Å²) in [5.74, 6) is 2.14. The molecule has 0 radical (unpaired) electrons. The van der Waals surface area contributed by atoms with E-state index in [2.05, 4.69) is 28.4 Å². The number of benzene rings is 1. The second kappa shape index (κ2) is 6.36. The van der Waals surface area contributed by atoms with E-state index in [1.807, 2.05) is 27.8 Å². The summed E-state index contributed by atoms with van der Waals surface area (Å²) in [6.07, 6.45) is 3.75. The highest BCUT2D eigenvalue weighted by atomic mass is 16.2. The summed E-state index contributed by atoms with van der Waals surface area (Å²) in [5, 5.41) is 7.94. The molecule has 0 saturated heterocycles. The van der Waals surface area contributed by atoms with Crippen LogP contribution in [0.1, 0.15) is 30.6 Å². The monoisotopic (exact) mass is 325 g/mol. The molecule has 0 saturated carbocycles. The van der Waals surface area contributed by atoms with Crippen LogP contribution in [0.4, 0.5) is 5.69 Å². The summed E-state index contributed by atoms with van der Waals surface area (Å²) < 4.78 is 2.00. The Labute approximate surface area is 141 Å². The van der Waals surface area contributed by atoms with E-state index in [9.17, 15) is 4.79 Å². The molecule has 6 nitrogen and oxygen atoms in total. The van der Waals surface area contributed by atoms with Gasteiger partial charge in [-0.2, -0.15) is 5.10 Å². The molecule has 0 bridgehead atoms. The molecule has 1 atom stereocenters. The molecule has 3 heterocycles. The average Bonchev–Trinajstić information content (AvgIpc) is 3.22. The number of aryl methyl sites for hydroxylation is 2. The highest BCUT2D eigenvalue weighted by Gasteiger charge is 2.26. The number of nitrogens with zero attached hydrogens (tertiary/aromatic N) is 4. The summed E-state index contributed by atoms with van der Waals surface area (Å²) in [5.41, 5.74) is 2.34. The third kappa shape index (κ3) is 2.82. The molecule has 1 unspecified atom stereocenters. The average molecular weight is 325 g/mol. The Balaban J connectivity index is 1.35. The molecule has 2 aliphatic rings. The maximum absolute atomic E-state index is 12.6. The first-order valence-corrected chi connectivity index (χ1v) is 8.79. The summed E-state index contributed by atoms with van der Waals surface area (Å²) in [6.45, 7) is 4.04. The summed E-state index contributed by atoms with van der Waals surface area (Å²) in [4.78, 5) is 19.0. The fraction of sp³-hybridized carbons (Fsp3) is 0.500. The normalized spacial score (nSPS) is 19.2. The topological polar surface area (TPSA) is 63.1 Å². The lowest BCUT2D eigenvalue weighted by molar-refractivity contribution is -0.117. The van der Waals surface area contributed by atoms with Gasteiger partial charge in [-0.05, 0) is 24.5 Å². The van der Waals surface area contributed by atoms with Gasteiger partial charge in [0, 0.05) is 31.1 Å². The lowest BCUT2D eigenvalue weighted by Gasteiger charge is -2.25. The summed E-state index contributed by atoms with van der Waals surface area (Å²) >= 11 is 0. The lowest BCUT2D eigenvalue weighted by Crippen LogP contribution is -2.44. The van der Waals surface area contributed by atoms with Crippen LogP contribution in [0, 0.1) is 0 Å². The van der Waals surface area contributed by atoms with Gasteiger partial charge >= 0.3 is 0 Å². The molecule has 126 valence electrons. The minimum atomic E-state index is 0.151. The SMILES string of the molecule is CCc1nc2n(n1)CC(NCC(=O)N1CCc3ccccc31)CC2. The van der Waals surface area contributed by atoms with Gasteiger partial charge in [0.1, 0.15) is 5.82 Å².